The van der Waals surface area contributed by atoms with E-state index >= 15 is 0 Å². The zero-order valence-corrected chi connectivity index (χ0v) is 9.42. The van der Waals surface area contributed by atoms with Crippen LogP contribution >= 0.6 is 0 Å². The number of aromatic nitrogens is 4. The van der Waals surface area contributed by atoms with Crippen LogP contribution in [-0.4, -0.2) is 20.9 Å². The molecule has 2 heterocycles. The van der Waals surface area contributed by atoms with Gasteiger partial charge in [-0.15, -0.1) is 10.8 Å². The Kier molecular flexibility index (Phi) is 2.29. The van der Waals surface area contributed by atoms with Crippen molar-refractivity contribution in [2.75, 3.05) is 0 Å². The molecule has 0 aromatic carbocycles. The molecule has 2 rings (SSSR count). The van der Waals surface area contributed by atoms with Gasteiger partial charge in [0.1, 0.15) is 5.54 Å². The van der Waals surface area contributed by atoms with E-state index in [0.29, 0.717) is 5.65 Å². The van der Waals surface area contributed by atoms with Crippen LogP contribution in [0.15, 0.2) is 23.4 Å². The lowest BCUT2D eigenvalue weighted by Gasteiger charge is -2.14. The highest BCUT2D eigenvalue weighted by molar-refractivity contribution is 5.64. The molecular formula is C10H12N6. The van der Waals surface area contributed by atoms with Crippen molar-refractivity contribution in [3.63, 3.8) is 0 Å². The van der Waals surface area contributed by atoms with Crippen molar-refractivity contribution in [1.29, 1.82) is 0 Å². The molecule has 16 heavy (non-hydrogen) atoms. The molecule has 0 aliphatic carbocycles. The lowest BCUT2D eigenvalue weighted by molar-refractivity contribution is -0.748. The molecule has 0 atom stereocenters. The van der Waals surface area contributed by atoms with Crippen LogP contribution in [-0.2, 0) is 5.54 Å². The number of nitrogens with zero attached hydrogens (tertiary/aromatic N) is 6. The monoisotopic (exact) mass is 216 g/mol. The molecule has 0 fully saturated rings. The molecule has 0 radical (unpaired) electrons. The average Bonchev–Trinajstić information content (AvgIpc) is 2.58. The molecule has 82 valence electrons. The van der Waals surface area contributed by atoms with Gasteiger partial charge in [-0.2, -0.15) is 0 Å². The van der Waals surface area contributed by atoms with E-state index in [9.17, 15) is 0 Å². The van der Waals surface area contributed by atoms with Gasteiger partial charge in [0.05, 0.1) is 5.10 Å². The molecule has 0 aliphatic rings. The van der Waals surface area contributed by atoms with Gasteiger partial charge < -0.3 is 5.41 Å². The van der Waals surface area contributed by atoms with Crippen LogP contribution in [0.3, 0.4) is 0 Å². The van der Waals surface area contributed by atoms with Gasteiger partial charge in [-0.3, -0.25) is 0 Å². The van der Waals surface area contributed by atoms with Gasteiger partial charge >= 0.3 is 5.65 Å². The second-order valence-electron chi connectivity index (χ2n) is 4.40. The zero-order chi connectivity index (χ0) is 11.8. The van der Waals surface area contributed by atoms with Gasteiger partial charge in [0.15, 0.2) is 0 Å². The molecule has 0 unspecified atom stereocenters. The molecule has 2 aromatic rings. The van der Waals surface area contributed by atoms with Gasteiger partial charge in [-0.25, -0.2) is 10.1 Å². The van der Waals surface area contributed by atoms with Gasteiger partial charge in [-0.1, -0.05) is 0 Å². The van der Waals surface area contributed by atoms with Crippen molar-refractivity contribution in [1.82, 2.24) is 14.9 Å². The highest BCUT2D eigenvalue weighted by Crippen LogP contribution is 2.12. The molecule has 0 N–H and O–H groups in total. The predicted molar refractivity (Wildman–Crippen MR) is 58.9 cm³/mol. The number of hydrogen-bond acceptors (Lipinski definition) is 3. The van der Waals surface area contributed by atoms with Crippen LogP contribution in [0.1, 0.15) is 20.8 Å². The quantitative estimate of drug-likeness (QED) is 0.526. The minimum absolute atomic E-state index is 0.263. The third-order valence-electron chi connectivity index (χ3n) is 2.09. The molecule has 0 amide bonds. The van der Waals surface area contributed by atoms with E-state index in [2.05, 4.69) is 15.2 Å². The topological polar surface area (TPSA) is 69.2 Å². The third kappa shape index (κ3) is 1.59. The van der Waals surface area contributed by atoms with Crippen LogP contribution in [0.5, 0.6) is 0 Å². The number of fused-ring (bicyclic) bond motifs is 1. The van der Waals surface area contributed by atoms with Gasteiger partial charge in [-0.05, 0) is 37.7 Å². The van der Waals surface area contributed by atoms with E-state index in [0.717, 1.165) is 5.52 Å². The molecule has 0 spiro atoms. The molecular weight excluding hydrogens is 204 g/mol. The van der Waals surface area contributed by atoms with Crippen LogP contribution in [0.2, 0.25) is 0 Å². The molecule has 6 nitrogen and oxygen atoms in total. The van der Waals surface area contributed by atoms with E-state index < -0.39 is 0 Å². The molecule has 0 aliphatic heterocycles. The first-order chi connectivity index (χ1) is 7.54. The number of hydrogen-bond donors (Lipinski definition) is 0. The Bertz CT molecular complexity index is 570. The first-order valence-electron chi connectivity index (χ1n) is 4.91. The SMILES string of the molecule is CC(C)(C)n1nc2ncccc2[n+]1N=C=[N-]. The summed E-state index contributed by atoms with van der Waals surface area (Å²) < 4.78 is 0. The second-order valence-corrected chi connectivity index (χ2v) is 4.40. The third-order valence-corrected chi connectivity index (χ3v) is 2.09. The number of rotatable bonds is 1. The summed E-state index contributed by atoms with van der Waals surface area (Å²) in [6, 6.07) is 5.40. The largest absolute Gasteiger partial charge is 0.419 e. The fourth-order valence-electron chi connectivity index (χ4n) is 1.43. The Morgan fingerprint density at radius 1 is 1.50 bits per heavy atom. The molecule has 6 heteroatoms. The van der Waals surface area contributed by atoms with Crippen molar-refractivity contribution in [2.24, 2.45) is 5.10 Å². The van der Waals surface area contributed by atoms with Crippen molar-refractivity contribution in [3.05, 3.63) is 23.7 Å². The smallest absolute Gasteiger partial charge is 0.342 e. The van der Waals surface area contributed by atoms with E-state index in [1.807, 2.05) is 26.8 Å². The van der Waals surface area contributed by atoms with Crippen LogP contribution in [0.4, 0.5) is 0 Å². The summed E-state index contributed by atoms with van der Waals surface area (Å²) in [4.78, 5) is 7.26. The molecule has 0 saturated heterocycles. The lowest BCUT2D eigenvalue weighted by atomic mass is 10.1. The van der Waals surface area contributed by atoms with Crippen molar-refractivity contribution in [3.8, 4) is 0 Å². The van der Waals surface area contributed by atoms with E-state index in [4.69, 9.17) is 5.41 Å². The first kappa shape index (κ1) is 10.4. The average molecular weight is 216 g/mol. The predicted octanol–water partition coefficient (Wildman–Crippen LogP) is 0.980. The molecule has 2 aromatic heterocycles. The summed E-state index contributed by atoms with van der Waals surface area (Å²) in [5.74, 6) is 0. The van der Waals surface area contributed by atoms with Gasteiger partial charge in [0.2, 0.25) is 5.52 Å². The summed E-state index contributed by atoms with van der Waals surface area (Å²) in [7, 11) is 0. The Morgan fingerprint density at radius 3 is 2.88 bits per heavy atom. The minimum atomic E-state index is -0.263. The Balaban J connectivity index is 2.83. The maximum Gasteiger partial charge on any atom is 0.342 e. The van der Waals surface area contributed by atoms with Crippen LogP contribution < -0.4 is 4.79 Å². The summed E-state index contributed by atoms with van der Waals surface area (Å²) in [5, 5.41) is 16.8. The summed E-state index contributed by atoms with van der Waals surface area (Å²) in [6.07, 6.45) is 1.67. The van der Waals surface area contributed by atoms with E-state index in [1.165, 1.54) is 4.79 Å². The molecule has 0 saturated carbocycles. The fourth-order valence-corrected chi connectivity index (χ4v) is 1.43. The maximum atomic E-state index is 8.69. The fraction of sp³-hybridized carbons (Fsp3) is 0.400. The Morgan fingerprint density at radius 2 is 2.25 bits per heavy atom. The number of pyridine rings is 1. The van der Waals surface area contributed by atoms with Crippen LogP contribution in [0, 0.1) is 0 Å². The van der Waals surface area contributed by atoms with Crippen molar-refractivity contribution in [2.45, 2.75) is 26.3 Å². The Hall–Kier alpha value is -2.07. The normalized spacial score (nSPS) is 11.4. The van der Waals surface area contributed by atoms with Crippen molar-refractivity contribution >= 4 is 17.2 Å². The first-order valence-corrected chi connectivity index (χ1v) is 4.91. The van der Waals surface area contributed by atoms with Crippen molar-refractivity contribution < 1.29 is 4.79 Å². The standard InChI is InChI=1S/C10H12N6/c1-10(2,3)16-14-9-8(5-4-6-12-9)15(16)13-7-11/h4-6H,1-3H3. The highest BCUT2D eigenvalue weighted by Gasteiger charge is 2.27. The molecule has 0 bridgehead atoms. The van der Waals surface area contributed by atoms with E-state index in [-0.39, 0.29) is 5.54 Å². The summed E-state index contributed by atoms with van der Waals surface area (Å²) in [5.41, 5.74) is 1.04. The summed E-state index contributed by atoms with van der Waals surface area (Å²) >= 11 is 0. The van der Waals surface area contributed by atoms with Gasteiger partial charge in [0, 0.05) is 6.20 Å². The zero-order valence-electron chi connectivity index (χ0n) is 9.42. The summed E-state index contributed by atoms with van der Waals surface area (Å²) in [6.45, 7) is 5.97. The minimum Gasteiger partial charge on any atom is -0.419 e. The van der Waals surface area contributed by atoms with Crippen LogP contribution in [0.25, 0.3) is 16.6 Å². The Labute approximate surface area is 92.7 Å². The maximum absolute atomic E-state index is 8.69. The van der Waals surface area contributed by atoms with E-state index in [1.54, 1.807) is 23.1 Å². The highest BCUT2D eigenvalue weighted by atomic mass is 15.7. The lowest BCUT2D eigenvalue weighted by Crippen LogP contribution is -2.46. The van der Waals surface area contributed by atoms with Gasteiger partial charge in [0.25, 0.3) is 0 Å². The second kappa shape index (κ2) is 3.50.